The summed E-state index contributed by atoms with van der Waals surface area (Å²) in [5, 5.41) is 3.97. The topological polar surface area (TPSA) is 53.9 Å². The molecule has 1 N–H and O–H groups in total. The number of anilines is 1. The van der Waals surface area contributed by atoms with Gasteiger partial charge in [-0.2, -0.15) is 5.10 Å². The molecule has 0 spiro atoms. The monoisotopic (exact) mass is 369 g/mol. The molecule has 0 atom stereocenters. The van der Waals surface area contributed by atoms with E-state index >= 15 is 0 Å². The molecule has 3 rings (SSSR count). The van der Waals surface area contributed by atoms with Crippen molar-refractivity contribution in [2.24, 2.45) is 5.10 Å². The van der Waals surface area contributed by atoms with E-state index in [4.69, 9.17) is 4.74 Å². The van der Waals surface area contributed by atoms with Crippen LogP contribution in [0.2, 0.25) is 0 Å². The SMILES string of the molecule is COc1cccc(CC(=O)N/N=C/c2cc(F)c(N3CCCC3)cc2C)c1. The number of ether oxygens (including phenoxy) is 1. The Morgan fingerprint density at radius 3 is 2.81 bits per heavy atom. The van der Waals surface area contributed by atoms with Gasteiger partial charge in [-0.15, -0.1) is 0 Å². The summed E-state index contributed by atoms with van der Waals surface area (Å²) in [5.74, 6) is 0.200. The van der Waals surface area contributed by atoms with Crippen LogP contribution in [-0.2, 0) is 11.2 Å². The summed E-state index contributed by atoms with van der Waals surface area (Å²) in [5.41, 5.74) is 5.54. The number of methoxy groups -OCH3 is 1. The van der Waals surface area contributed by atoms with Crippen molar-refractivity contribution < 1.29 is 13.9 Å². The Morgan fingerprint density at radius 2 is 2.07 bits per heavy atom. The van der Waals surface area contributed by atoms with Crippen molar-refractivity contribution in [1.82, 2.24) is 5.43 Å². The number of aryl methyl sites for hydroxylation is 1. The first-order valence-electron chi connectivity index (χ1n) is 9.07. The minimum Gasteiger partial charge on any atom is -0.497 e. The zero-order valence-corrected chi connectivity index (χ0v) is 15.7. The Hall–Kier alpha value is -2.89. The van der Waals surface area contributed by atoms with Crippen molar-refractivity contribution in [2.45, 2.75) is 26.2 Å². The third-order valence-corrected chi connectivity index (χ3v) is 4.67. The molecule has 0 saturated carbocycles. The minimum atomic E-state index is -0.258. The number of hydrogen-bond donors (Lipinski definition) is 1. The lowest BCUT2D eigenvalue weighted by Crippen LogP contribution is -2.20. The fraction of sp³-hybridized carbons (Fsp3) is 0.333. The van der Waals surface area contributed by atoms with E-state index in [1.54, 1.807) is 13.2 Å². The Kier molecular flexibility index (Phi) is 6.06. The number of carbonyl (C=O) groups is 1. The van der Waals surface area contributed by atoms with E-state index in [0.29, 0.717) is 17.0 Å². The van der Waals surface area contributed by atoms with Gasteiger partial charge in [0.1, 0.15) is 11.6 Å². The van der Waals surface area contributed by atoms with Gasteiger partial charge in [-0.3, -0.25) is 4.79 Å². The van der Waals surface area contributed by atoms with Crippen LogP contribution in [0.3, 0.4) is 0 Å². The van der Waals surface area contributed by atoms with E-state index in [9.17, 15) is 9.18 Å². The van der Waals surface area contributed by atoms with Crippen molar-refractivity contribution in [2.75, 3.05) is 25.1 Å². The van der Waals surface area contributed by atoms with E-state index in [2.05, 4.69) is 15.4 Å². The smallest absolute Gasteiger partial charge is 0.244 e. The number of amides is 1. The van der Waals surface area contributed by atoms with Crippen LogP contribution in [0, 0.1) is 12.7 Å². The maximum Gasteiger partial charge on any atom is 0.244 e. The number of hydrogen-bond acceptors (Lipinski definition) is 4. The molecule has 1 heterocycles. The lowest BCUT2D eigenvalue weighted by Gasteiger charge is -2.19. The first-order valence-corrected chi connectivity index (χ1v) is 9.07. The maximum atomic E-state index is 14.4. The molecule has 0 aromatic heterocycles. The molecular formula is C21H24FN3O2. The van der Waals surface area contributed by atoms with E-state index in [0.717, 1.165) is 37.1 Å². The predicted octanol–water partition coefficient (Wildman–Crippen LogP) is 3.44. The number of benzene rings is 2. The molecule has 2 aromatic rings. The van der Waals surface area contributed by atoms with Crippen molar-refractivity contribution in [3.05, 3.63) is 58.9 Å². The van der Waals surface area contributed by atoms with Gasteiger partial charge in [0.25, 0.3) is 0 Å². The summed E-state index contributed by atoms with van der Waals surface area (Å²) < 4.78 is 19.6. The zero-order chi connectivity index (χ0) is 19.2. The highest BCUT2D eigenvalue weighted by Gasteiger charge is 2.17. The molecule has 5 nitrogen and oxygen atoms in total. The molecule has 1 aliphatic heterocycles. The molecular weight excluding hydrogens is 345 g/mol. The van der Waals surface area contributed by atoms with Crippen molar-refractivity contribution >= 4 is 17.8 Å². The number of nitrogens with one attached hydrogen (secondary N) is 1. The lowest BCUT2D eigenvalue weighted by molar-refractivity contribution is -0.120. The summed E-state index contributed by atoms with van der Waals surface area (Å²) in [6, 6.07) is 10.6. The standard InChI is InChI=1S/C21H24FN3O2/c1-15-10-20(25-8-3-4-9-25)19(22)13-17(15)14-23-24-21(26)12-16-6-5-7-18(11-16)27-2/h5-7,10-11,13-14H,3-4,8-9,12H2,1-2H3,(H,24,26)/b23-14+. The fourth-order valence-electron chi connectivity index (χ4n) is 3.20. The Bertz CT molecular complexity index is 845. The van der Waals surface area contributed by atoms with Crippen LogP contribution in [0.5, 0.6) is 5.75 Å². The number of carbonyl (C=O) groups excluding carboxylic acids is 1. The summed E-state index contributed by atoms with van der Waals surface area (Å²) in [6.07, 6.45) is 3.87. The molecule has 0 bridgehead atoms. The van der Waals surface area contributed by atoms with Crippen molar-refractivity contribution in [3.8, 4) is 5.75 Å². The van der Waals surface area contributed by atoms with Gasteiger partial charge >= 0.3 is 0 Å². The summed E-state index contributed by atoms with van der Waals surface area (Å²) in [4.78, 5) is 14.1. The molecule has 1 fully saturated rings. The Balaban J connectivity index is 1.61. The minimum absolute atomic E-state index is 0.190. The molecule has 1 saturated heterocycles. The highest BCUT2D eigenvalue weighted by atomic mass is 19.1. The average molecular weight is 369 g/mol. The lowest BCUT2D eigenvalue weighted by atomic mass is 10.1. The molecule has 6 heteroatoms. The van der Waals surface area contributed by atoms with Crippen LogP contribution in [0.15, 0.2) is 41.5 Å². The molecule has 0 unspecified atom stereocenters. The largest absolute Gasteiger partial charge is 0.497 e. The number of hydrazone groups is 1. The Labute approximate surface area is 158 Å². The second-order valence-electron chi connectivity index (χ2n) is 6.68. The van der Waals surface area contributed by atoms with Gasteiger partial charge in [0.05, 0.1) is 25.4 Å². The molecule has 2 aromatic carbocycles. The van der Waals surface area contributed by atoms with E-state index in [-0.39, 0.29) is 18.1 Å². The second-order valence-corrected chi connectivity index (χ2v) is 6.68. The highest BCUT2D eigenvalue weighted by molar-refractivity contribution is 5.85. The van der Waals surface area contributed by atoms with Gasteiger partial charge in [0.15, 0.2) is 0 Å². The maximum absolute atomic E-state index is 14.4. The molecule has 142 valence electrons. The zero-order valence-electron chi connectivity index (χ0n) is 15.7. The van der Waals surface area contributed by atoms with Gasteiger partial charge in [-0.05, 0) is 55.2 Å². The second kappa shape index (κ2) is 8.66. The Morgan fingerprint density at radius 1 is 1.30 bits per heavy atom. The molecule has 27 heavy (non-hydrogen) atoms. The van der Waals surface area contributed by atoms with Gasteiger partial charge in [-0.25, -0.2) is 9.82 Å². The van der Waals surface area contributed by atoms with Crippen molar-refractivity contribution in [3.63, 3.8) is 0 Å². The van der Waals surface area contributed by atoms with Gasteiger partial charge < -0.3 is 9.64 Å². The normalized spacial score (nSPS) is 14.0. The van der Waals surface area contributed by atoms with E-state index in [1.165, 1.54) is 12.3 Å². The van der Waals surface area contributed by atoms with Gasteiger partial charge in [-0.1, -0.05) is 12.1 Å². The van der Waals surface area contributed by atoms with Crippen LogP contribution < -0.4 is 15.1 Å². The molecule has 1 amide bonds. The van der Waals surface area contributed by atoms with Crippen LogP contribution in [-0.4, -0.2) is 32.3 Å². The molecule has 0 radical (unpaired) electrons. The van der Waals surface area contributed by atoms with E-state index < -0.39 is 0 Å². The van der Waals surface area contributed by atoms with Crippen LogP contribution in [0.1, 0.15) is 29.5 Å². The third kappa shape index (κ3) is 4.84. The molecule has 1 aliphatic rings. The van der Waals surface area contributed by atoms with Crippen LogP contribution >= 0.6 is 0 Å². The molecule has 0 aliphatic carbocycles. The number of halogens is 1. The predicted molar refractivity (Wildman–Crippen MR) is 105 cm³/mol. The van der Waals surface area contributed by atoms with Crippen LogP contribution in [0.4, 0.5) is 10.1 Å². The summed E-state index contributed by atoms with van der Waals surface area (Å²) >= 11 is 0. The van der Waals surface area contributed by atoms with Crippen molar-refractivity contribution in [1.29, 1.82) is 0 Å². The first kappa shape index (κ1) is 18.9. The van der Waals surface area contributed by atoms with Gasteiger partial charge in [0.2, 0.25) is 5.91 Å². The quantitative estimate of drug-likeness (QED) is 0.627. The first-order chi connectivity index (χ1) is 13.1. The average Bonchev–Trinajstić information content (AvgIpc) is 3.19. The number of rotatable bonds is 6. The van der Waals surface area contributed by atoms with Crippen LogP contribution in [0.25, 0.3) is 0 Å². The third-order valence-electron chi connectivity index (χ3n) is 4.67. The number of nitrogens with zero attached hydrogens (tertiary/aromatic N) is 2. The summed E-state index contributed by atoms with van der Waals surface area (Å²) in [6.45, 7) is 3.70. The highest BCUT2D eigenvalue weighted by Crippen LogP contribution is 2.26. The van der Waals surface area contributed by atoms with E-state index in [1.807, 2.05) is 31.2 Å². The van der Waals surface area contributed by atoms with Gasteiger partial charge in [0, 0.05) is 18.7 Å². The summed E-state index contributed by atoms with van der Waals surface area (Å²) in [7, 11) is 1.58. The fourth-order valence-corrected chi connectivity index (χ4v) is 3.20.